The number of hydrogen-bond acceptors (Lipinski definition) is 4. The Bertz CT molecular complexity index is 610. The number of aliphatic carboxylic acids is 1. The van der Waals surface area contributed by atoms with Crippen molar-refractivity contribution in [3.63, 3.8) is 0 Å². The summed E-state index contributed by atoms with van der Waals surface area (Å²) in [5.41, 5.74) is -0.218. The summed E-state index contributed by atoms with van der Waals surface area (Å²) in [4.78, 5) is 36.5. The van der Waals surface area contributed by atoms with Crippen molar-refractivity contribution in [3.05, 3.63) is 28.2 Å². The number of carbonyl (C=O) groups excluding carboxylic acids is 1. The van der Waals surface area contributed by atoms with Gasteiger partial charge in [0, 0.05) is 19.7 Å². The molecule has 7 nitrogen and oxygen atoms in total. The maximum absolute atomic E-state index is 12.5. The standard InChI is InChI=1S/C14H19N3O4/c1-3-9-6-7-17(11(8-9)14(20)21)13(19)10-4-5-12(18)16(2)15-10/h4-5,9,11H,3,6-8H2,1-2H3,(H,20,21). The summed E-state index contributed by atoms with van der Waals surface area (Å²) >= 11 is 0. The van der Waals surface area contributed by atoms with Crippen LogP contribution in [0.1, 0.15) is 36.7 Å². The van der Waals surface area contributed by atoms with Gasteiger partial charge in [-0.1, -0.05) is 13.3 Å². The van der Waals surface area contributed by atoms with Crippen LogP contribution in [0.4, 0.5) is 0 Å². The number of likely N-dealkylation sites (tertiary alicyclic amines) is 1. The fourth-order valence-electron chi connectivity index (χ4n) is 2.65. The normalized spacial score (nSPS) is 22.1. The Hall–Kier alpha value is -2.18. The van der Waals surface area contributed by atoms with E-state index in [-0.39, 0.29) is 11.3 Å². The molecule has 7 heteroatoms. The first-order valence-corrected chi connectivity index (χ1v) is 7.02. The van der Waals surface area contributed by atoms with E-state index in [2.05, 4.69) is 5.10 Å². The van der Waals surface area contributed by atoms with E-state index in [1.54, 1.807) is 0 Å². The molecule has 1 saturated heterocycles. The van der Waals surface area contributed by atoms with Gasteiger partial charge in [0.2, 0.25) is 0 Å². The van der Waals surface area contributed by atoms with Crippen LogP contribution in [0.3, 0.4) is 0 Å². The van der Waals surface area contributed by atoms with Crippen molar-refractivity contribution in [1.29, 1.82) is 0 Å². The molecular weight excluding hydrogens is 274 g/mol. The lowest BCUT2D eigenvalue weighted by atomic mass is 9.88. The number of aryl methyl sites for hydroxylation is 1. The molecule has 0 radical (unpaired) electrons. The van der Waals surface area contributed by atoms with Crippen molar-refractivity contribution in [2.45, 2.75) is 32.2 Å². The van der Waals surface area contributed by atoms with Gasteiger partial charge < -0.3 is 10.0 Å². The summed E-state index contributed by atoms with van der Waals surface area (Å²) in [6.45, 7) is 2.43. The molecule has 2 rings (SSSR count). The number of hydrogen-bond donors (Lipinski definition) is 1. The molecule has 0 bridgehead atoms. The molecule has 1 N–H and O–H groups in total. The van der Waals surface area contributed by atoms with Gasteiger partial charge in [-0.25, -0.2) is 9.48 Å². The summed E-state index contributed by atoms with van der Waals surface area (Å²) in [6.07, 6.45) is 2.16. The first-order chi connectivity index (χ1) is 9.93. The number of rotatable bonds is 3. The van der Waals surface area contributed by atoms with Gasteiger partial charge >= 0.3 is 5.97 Å². The zero-order chi connectivity index (χ0) is 15.6. The van der Waals surface area contributed by atoms with E-state index in [1.807, 2.05) is 6.92 Å². The lowest BCUT2D eigenvalue weighted by Gasteiger charge is -2.36. The predicted octanol–water partition coefficient (Wildman–Crippen LogP) is 0.496. The van der Waals surface area contributed by atoms with Crippen molar-refractivity contribution in [1.82, 2.24) is 14.7 Å². The largest absolute Gasteiger partial charge is 0.480 e. The molecule has 21 heavy (non-hydrogen) atoms. The summed E-state index contributed by atoms with van der Waals surface area (Å²) in [7, 11) is 1.46. The van der Waals surface area contributed by atoms with Crippen molar-refractivity contribution in [3.8, 4) is 0 Å². The van der Waals surface area contributed by atoms with Gasteiger partial charge in [0.15, 0.2) is 0 Å². The zero-order valence-corrected chi connectivity index (χ0v) is 12.2. The second-order valence-electron chi connectivity index (χ2n) is 5.33. The van der Waals surface area contributed by atoms with Crippen LogP contribution in [0, 0.1) is 5.92 Å². The molecule has 114 valence electrons. The molecular formula is C14H19N3O4. The predicted molar refractivity (Wildman–Crippen MR) is 75.0 cm³/mol. The third kappa shape index (κ3) is 3.12. The highest BCUT2D eigenvalue weighted by atomic mass is 16.4. The van der Waals surface area contributed by atoms with Crippen molar-refractivity contribution in [2.24, 2.45) is 13.0 Å². The molecule has 1 aromatic rings. The van der Waals surface area contributed by atoms with Crippen LogP contribution in [0.15, 0.2) is 16.9 Å². The Kier molecular flexibility index (Phi) is 4.40. The zero-order valence-electron chi connectivity index (χ0n) is 12.2. The third-order valence-electron chi connectivity index (χ3n) is 4.01. The molecule has 0 saturated carbocycles. The fourth-order valence-corrected chi connectivity index (χ4v) is 2.65. The van der Waals surface area contributed by atoms with E-state index in [0.29, 0.717) is 18.9 Å². The molecule has 1 aromatic heterocycles. The van der Waals surface area contributed by atoms with Crippen LogP contribution in [0.2, 0.25) is 0 Å². The first kappa shape index (κ1) is 15.2. The summed E-state index contributed by atoms with van der Waals surface area (Å²) in [5.74, 6) is -1.11. The maximum atomic E-state index is 12.5. The van der Waals surface area contributed by atoms with Gasteiger partial charge in [0.25, 0.3) is 11.5 Å². The molecule has 1 fully saturated rings. The second kappa shape index (κ2) is 6.07. The van der Waals surface area contributed by atoms with Crippen LogP contribution >= 0.6 is 0 Å². The molecule has 0 aliphatic carbocycles. The summed E-state index contributed by atoms with van der Waals surface area (Å²) in [5, 5.41) is 13.2. The highest BCUT2D eigenvalue weighted by molar-refractivity contribution is 5.95. The van der Waals surface area contributed by atoms with Gasteiger partial charge in [-0.15, -0.1) is 0 Å². The van der Waals surface area contributed by atoms with Gasteiger partial charge in [-0.2, -0.15) is 5.10 Å². The molecule has 1 aliphatic rings. The van der Waals surface area contributed by atoms with Gasteiger partial charge in [-0.3, -0.25) is 9.59 Å². The molecule has 2 unspecified atom stereocenters. The highest BCUT2D eigenvalue weighted by Gasteiger charge is 2.36. The Morgan fingerprint density at radius 1 is 1.43 bits per heavy atom. The Balaban J connectivity index is 2.26. The summed E-state index contributed by atoms with van der Waals surface area (Å²) in [6, 6.07) is 1.78. The minimum atomic E-state index is -0.994. The molecule has 1 aliphatic heterocycles. The SMILES string of the molecule is CCC1CCN(C(=O)c2ccc(=O)n(C)n2)C(C(=O)O)C1. The topological polar surface area (TPSA) is 92.5 Å². The number of carboxylic acids is 1. The minimum Gasteiger partial charge on any atom is -0.480 e. The molecule has 0 aromatic carbocycles. The average molecular weight is 293 g/mol. The van der Waals surface area contributed by atoms with Crippen LogP contribution in [-0.2, 0) is 11.8 Å². The quantitative estimate of drug-likeness (QED) is 0.876. The van der Waals surface area contributed by atoms with Crippen molar-refractivity contribution in [2.75, 3.05) is 6.54 Å². The van der Waals surface area contributed by atoms with Crippen LogP contribution in [0.5, 0.6) is 0 Å². The monoisotopic (exact) mass is 293 g/mol. The maximum Gasteiger partial charge on any atom is 0.326 e. The molecule has 0 spiro atoms. The van der Waals surface area contributed by atoms with E-state index < -0.39 is 17.9 Å². The van der Waals surface area contributed by atoms with Gasteiger partial charge in [0.1, 0.15) is 11.7 Å². The lowest BCUT2D eigenvalue weighted by Crippen LogP contribution is -2.50. The molecule has 1 amide bonds. The number of carbonyl (C=O) groups is 2. The van der Waals surface area contributed by atoms with E-state index in [4.69, 9.17) is 0 Å². The van der Waals surface area contributed by atoms with Crippen LogP contribution in [-0.4, -0.2) is 44.3 Å². The molecule has 2 atom stereocenters. The second-order valence-corrected chi connectivity index (χ2v) is 5.33. The van der Waals surface area contributed by atoms with E-state index in [9.17, 15) is 19.5 Å². The number of aromatic nitrogens is 2. The van der Waals surface area contributed by atoms with Gasteiger partial charge in [0.05, 0.1) is 0 Å². The van der Waals surface area contributed by atoms with Crippen LogP contribution < -0.4 is 5.56 Å². The number of carboxylic acid groups (broad SMARTS) is 1. The van der Waals surface area contributed by atoms with E-state index in [1.165, 1.54) is 24.1 Å². The van der Waals surface area contributed by atoms with Crippen molar-refractivity contribution < 1.29 is 14.7 Å². The van der Waals surface area contributed by atoms with E-state index in [0.717, 1.165) is 17.5 Å². The summed E-state index contributed by atoms with van der Waals surface area (Å²) < 4.78 is 1.07. The highest BCUT2D eigenvalue weighted by Crippen LogP contribution is 2.26. The van der Waals surface area contributed by atoms with Crippen molar-refractivity contribution >= 4 is 11.9 Å². The minimum absolute atomic E-state index is 0.0956. The lowest BCUT2D eigenvalue weighted by molar-refractivity contribution is -0.144. The van der Waals surface area contributed by atoms with Gasteiger partial charge in [-0.05, 0) is 24.8 Å². The number of piperidine rings is 1. The number of amides is 1. The average Bonchev–Trinajstić information content (AvgIpc) is 2.48. The Morgan fingerprint density at radius 2 is 2.14 bits per heavy atom. The Labute approximate surface area is 122 Å². The Morgan fingerprint density at radius 3 is 2.71 bits per heavy atom. The first-order valence-electron chi connectivity index (χ1n) is 7.02. The smallest absolute Gasteiger partial charge is 0.326 e. The van der Waals surface area contributed by atoms with E-state index >= 15 is 0 Å². The van der Waals surface area contributed by atoms with Crippen LogP contribution in [0.25, 0.3) is 0 Å². The fraction of sp³-hybridized carbons (Fsp3) is 0.571. The molecule has 2 heterocycles. The third-order valence-corrected chi connectivity index (χ3v) is 4.01. The number of nitrogens with zero attached hydrogens (tertiary/aromatic N) is 3.